The summed E-state index contributed by atoms with van der Waals surface area (Å²) in [4.78, 5) is 72.9. The normalized spacial score (nSPS) is 13.8. The van der Waals surface area contributed by atoms with Gasteiger partial charge < -0.3 is 33.8 Å². The van der Waals surface area contributed by atoms with Crippen molar-refractivity contribution in [3.05, 3.63) is 0 Å². The van der Waals surface area contributed by atoms with E-state index in [0.29, 0.717) is 25.7 Å². The molecule has 0 aliphatic carbocycles. The van der Waals surface area contributed by atoms with Crippen molar-refractivity contribution in [3.63, 3.8) is 0 Å². The Morgan fingerprint density at radius 3 is 0.578 bits per heavy atom. The predicted octanol–water partition coefficient (Wildman–Crippen LogP) is 25.4. The van der Waals surface area contributed by atoms with E-state index in [4.69, 9.17) is 37.0 Å². The van der Waals surface area contributed by atoms with Crippen LogP contribution in [-0.4, -0.2) is 96.7 Å². The number of ether oxygens (including phenoxy) is 4. The predicted molar refractivity (Wildman–Crippen MR) is 419 cm³/mol. The summed E-state index contributed by atoms with van der Waals surface area (Å²) >= 11 is 0. The van der Waals surface area contributed by atoms with Crippen molar-refractivity contribution in [2.75, 3.05) is 39.6 Å². The monoisotopic (exact) mass is 1490 g/mol. The van der Waals surface area contributed by atoms with Crippen LogP contribution in [0.4, 0.5) is 0 Å². The van der Waals surface area contributed by atoms with E-state index in [2.05, 4.69) is 27.7 Å². The van der Waals surface area contributed by atoms with Gasteiger partial charge in [0, 0.05) is 25.7 Å². The van der Waals surface area contributed by atoms with Gasteiger partial charge in [-0.15, -0.1) is 0 Å². The summed E-state index contributed by atoms with van der Waals surface area (Å²) in [5.74, 6) is -2.11. The van der Waals surface area contributed by atoms with Crippen LogP contribution >= 0.6 is 15.6 Å². The molecule has 17 nitrogen and oxygen atoms in total. The van der Waals surface area contributed by atoms with Crippen molar-refractivity contribution in [1.29, 1.82) is 0 Å². The van der Waals surface area contributed by atoms with Gasteiger partial charge in [-0.25, -0.2) is 9.13 Å². The molecule has 0 radical (unpaired) electrons. The zero-order valence-corrected chi connectivity index (χ0v) is 68.4. The third-order valence-corrected chi connectivity index (χ3v) is 21.5. The molecule has 0 rings (SSSR count). The van der Waals surface area contributed by atoms with E-state index < -0.39 is 97.5 Å². The number of rotatable bonds is 84. The van der Waals surface area contributed by atoms with Crippen molar-refractivity contribution in [2.24, 2.45) is 0 Å². The molecule has 0 aromatic carbocycles. The standard InChI is InChI=1S/C83H162O17P2/c1-5-9-13-17-21-25-28-31-33-35-37-39-41-43-45-47-50-52-56-60-64-68-81(86)94-74-79(100-83(88)70-66-62-58-54-51-48-46-44-42-40-38-36-34-32-29-26-22-18-14-10-6-2)76-98-102(91,92)96-72-77(84)71-95-101(89,90)97-75-78(73-93-80(85)67-63-59-55-24-20-16-12-8-4)99-82(87)69-65-61-57-53-49-30-27-23-19-15-11-7-3/h77-79,84H,5-76H2,1-4H3,(H,89,90)(H,91,92)/t77-,78+,79+/m0/s1. The smallest absolute Gasteiger partial charge is 0.462 e. The first kappa shape index (κ1) is 100. The van der Waals surface area contributed by atoms with Gasteiger partial charge in [0.05, 0.1) is 26.4 Å². The molecule has 0 saturated carbocycles. The lowest BCUT2D eigenvalue weighted by Crippen LogP contribution is -2.30. The molecule has 0 aromatic rings. The molecular weight excluding hydrogens is 1330 g/mol. The average molecular weight is 1490 g/mol. The minimum Gasteiger partial charge on any atom is -0.462 e. The van der Waals surface area contributed by atoms with Crippen molar-refractivity contribution in [2.45, 2.75) is 470 Å². The fourth-order valence-corrected chi connectivity index (χ4v) is 14.6. The first-order valence-corrected chi connectivity index (χ1v) is 46.3. The lowest BCUT2D eigenvalue weighted by molar-refractivity contribution is -0.161. The number of esters is 4. The van der Waals surface area contributed by atoms with Gasteiger partial charge >= 0.3 is 39.5 Å². The Balaban J connectivity index is 5.16. The first-order chi connectivity index (χ1) is 49.7. The summed E-state index contributed by atoms with van der Waals surface area (Å²) in [6, 6.07) is 0. The largest absolute Gasteiger partial charge is 0.472 e. The van der Waals surface area contributed by atoms with E-state index in [1.165, 1.54) is 283 Å². The highest BCUT2D eigenvalue weighted by Crippen LogP contribution is 2.45. The average Bonchev–Trinajstić information content (AvgIpc) is 0.954. The van der Waals surface area contributed by atoms with Gasteiger partial charge in [-0.05, 0) is 25.7 Å². The Bertz CT molecular complexity index is 1930. The lowest BCUT2D eigenvalue weighted by Gasteiger charge is -2.21. The fourth-order valence-electron chi connectivity index (χ4n) is 13.0. The number of phosphoric acid groups is 2. The Morgan fingerprint density at radius 1 is 0.235 bits per heavy atom. The van der Waals surface area contributed by atoms with Crippen LogP contribution in [0.5, 0.6) is 0 Å². The van der Waals surface area contributed by atoms with Crippen molar-refractivity contribution >= 4 is 39.5 Å². The molecule has 0 aliphatic heterocycles. The maximum absolute atomic E-state index is 13.1. The van der Waals surface area contributed by atoms with Crippen molar-refractivity contribution in [1.82, 2.24) is 0 Å². The molecule has 2 unspecified atom stereocenters. The van der Waals surface area contributed by atoms with E-state index in [1.807, 2.05) is 0 Å². The van der Waals surface area contributed by atoms with Gasteiger partial charge in [0.15, 0.2) is 12.2 Å². The van der Waals surface area contributed by atoms with E-state index in [1.54, 1.807) is 0 Å². The number of hydrogen-bond acceptors (Lipinski definition) is 15. The number of unbranched alkanes of at least 4 members (excludes halogenated alkanes) is 58. The van der Waals surface area contributed by atoms with E-state index in [0.717, 1.165) is 89.9 Å². The molecule has 0 saturated heterocycles. The molecule has 0 spiro atoms. The van der Waals surface area contributed by atoms with Gasteiger partial charge in [-0.2, -0.15) is 0 Å². The Kier molecular flexibility index (Phi) is 75.8. The molecule has 3 N–H and O–H groups in total. The van der Waals surface area contributed by atoms with Crippen LogP contribution in [0.1, 0.15) is 451 Å². The Morgan fingerprint density at radius 2 is 0.392 bits per heavy atom. The van der Waals surface area contributed by atoms with Crippen molar-refractivity contribution < 1.29 is 80.2 Å². The molecule has 0 fully saturated rings. The number of aliphatic hydroxyl groups excluding tert-OH is 1. The summed E-state index contributed by atoms with van der Waals surface area (Å²) < 4.78 is 68.7. The molecule has 0 heterocycles. The fraction of sp³-hybridized carbons (Fsp3) is 0.952. The zero-order valence-electron chi connectivity index (χ0n) is 66.6. The summed E-state index contributed by atoms with van der Waals surface area (Å²) in [5, 5.41) is 10.6. The van der Waals surface area contributed by atoms with Crippen LogP contribution in [0, 0.1) is 0 Å². The topological polar surface area (TPSA) is 237 Å². The van der Waals surface area contributed by atoms with Gasteiger partial charge in [-0.3, -0.25) is 37.3 Å². The van der Waals surface area contributed by atoms with Crippen molar-refractivity contribution in [3.8, 4) is 0 Å². The van der Waals surface area contributed by atoms with E-state index in [9.17, 15) is 43.2 Å². The van der Waals surface area contributed by atoms with Gasteiger partial charge in [0.2, 0.25) is 0 Å². The summed E-state index contributed by atoms with van der Waals surface area (Å²) in [6.45, 7) is 5.00. The maximum atomic E-state index is 13.1. The molecular formula is C83H162O17P2. The number of carbonyl (C=O) groups excluding carboxylic acids is 4. The van der Waals surface area contributed by atoms with E-state index >= 15 is 0 Å². The summed E-state index contributed by atoms with van der Waals surface area (Å²) in [6.07, 6.45) is 71.1. The second-order valence-corrected chi connectivity index (χ2v) is 32.8. The first-order valence-electron chi connectivity index (χ1n) is 43.3. The molecule has 0 amide bonds. The van der Waals surface area contributed by atoms with Crippen LogP contribution in [0.15, 0.2) is 0 Å². The number of phosphoric ester groups is 2. The Hall–Kier alpha value is -1.94. The Labute approximate surface area is 626 Å². The van der Waals surface area contributed by atoms with E-state index in [-0.39, 0.29) is 25.7 Å². The third-order valence-electron chi connectivity index (χ3n) is 19.6. The van der Waals surface area contributed by atoms with Crippen LogP contribution in [-0.2, 0) is 65.4 Å². The SMILES string of the molecule is CCCCCCCCCCCCCCCCCCCCCCCC(=O)OC[C@H](COP(=O)(O)OC[C@@H](O)COP(=O)(O)OC[C@@H](COC(=O)CCCCCCCCCC)OC(=O)CCCCCCCCCCCCCC)OC(=O)CCCCCCCCCCCCCCCCCCCCCCC. The quantitative estimate of drug-likeness (QED) is 0.0222. The minimum atomic E-state index is -4.96. The van der Waals surface area contributed by atoms with Crippen LogP contribution in [0.25, 0.3) is 0 Å². The van der Waals surface area contributed by atoms with Crippen LogP contribution in [0.3, 0.4) is 0 Å². The molecule has 5 atom stereocenters. The van der Waals surface area contributed by atoms with Crippen LogP contribution in [0.2, 0.25) is 0 Å². The minimum absolute atomic E-state index is 0.108. The summed E-state index contributed by atoms with van der Waals surface area (Å²) in [7, 11) is -9.91. The second-order valence-electron chi connectivity index (χ2n) is 29.9. The third kappa shape index (κ3) is 76.3. The number of hydrogen-bond donors (Lipinski definition) is 3. The van der Waals surface area contributed by atoms with Gasteiger partial charge in [0.25, 0.3) is 0 Å². The van der Waals surface area contributed by atoms with Gasteiger partial charge in [0.1, 0.15) is 19.3 Å². The number of carbonyl (C=O) groups is 4. The highest BCUT2D eigenvalue weighted by Gasteiger charge is 2.30. The number of aliphatic hydroxyl groups is 1. The molecule has 606 valence electrons. The molecule has 19 heteroatoms. The summed E-state index contributed by atoms with van der Waals surface area (Å²) in [5.41, 5.74) is 0. The highest BCUT2D eigenvalue weighted by atomic mass is 31.2. The molecule has 0 aromatic heterocycles. The lowest BCUT2D eigenvalue weighted by atomic mass is 10.0. The highest BCUT2D eigenvalue weighted by molar-refractivity contribution is 7.47. The molecule has 102 heavy (non-hydrogen) atoms. The molecule has 0 aliphatic rings. The van der Waals surface area contributed by atoms with Crippen LogP contribution < -0.4 is 0 Å². The molecule has 0 bridgehead atoms. The van der Waals surface area contributed by atoms with Gasteiger partial charge in [-0.1, -0.05) is 400 Å². The zero-order chi connectivity index (χ0) is 74.6. The maximum Gasteiger partial charge on any atom is 0.472 e. The second kappa shape index (κ2) is 77.2.